The third kappa shape index (κ3) is 1.53. The van der Waals surface area contributed by atoms with Crippen LogP contribution >= 0.6 is 11.6 Å². The lowest BCUT2D eigenvalue weighted by atomic mass is 10.3. The number of fused-ring (bicyclic) bond motifs is 1. The van der Waals surface area contributed by atoms with Gasteiger partial charge >= 0.3 is 0 Å². The Hall–Kier alpha value is -1.06. The fraction of sp³-hybridized carbons (Fsp3) is 0.222. The van der Waals surface area contributed by atoms with Crippen molar-refractivity contribution in [1.29, 1.82) is 0 Å². The molecular weight excluding hydrogens is 186 g/mol. The highest BCUT2D eigenvalue weighted by molar-refractivity contribution is 6.34. The van der Waals surface area contributed by atoms with Crippen LogP contribution in [0.2, 0.25) is 5.02 Å². The van der Waals surface area contributed by atoms with Gasteiger partial charge in [-0.25, -0.2) is 0 Å². The lowest BCUT2D eigenvalue weighted by molar-refractivity contribution is 0.800. The average Bonchev–Trinajstić information content (AvgIpc) is 2.49. The van der Waals surface area contributed by atoms with E-state index in [0.717, 1.165) is 23.1 Å². The molecule has 0 unspecified atom stereocenters. The van der Waals surface area contributed by atoms with Crippen molar-refractivity contribution in [3.05, 3.63) is 29.2 Å². The Morgan fingerprint density at radius 1 is 1.54 bits per heavy atom. The van der Waals surface area contributed by atoms with Crippen LogP contribution in [0, 0.1) is 0 Å². The van der Waals surface area contributed by atoms with Gasteiger partial charge in [-0.3, -0.25) is 4.98 Å². The van der Waals surface area contributed by atoms with E-state index in [4.69, 9.17) is 11.6 Å². The Morgan fingerprint density at radius 3 is 3.08 bits per heavy atom. The largest absolute Gasteiger partial charge is 0.356 e. The lowest BCUT2D eigenvalue weighted by Crippen LogP contribution is -2.04. The minimum Gasteiger partial charge on any atom is -0.356 e. The van der Waals surface area contributed by atoms with Crippen LogP contribution in [0.1, 0.15) is 5.69 Å². The first-order chi connectivity index (χ1) is 6.31. The molecule has 2 N–H and O–H groups in total. The van der Waals surface area contributed by atoms with Crippen molar-refractivity contribution in [2.24, 2.45) is 0 Å². The molecule has 0 atom stereocenters. The first-order valence-corrected chi connectivity index (χ1v) is 4.45. The van der Waals surface area contributed by atoms with Crippen molar-refractivity contribution in [3.63, 3.8) is 0 Å². The Balaban J connectivity index is 2.55. The van der Waals surface area contributed by atoms with Gasteiger partial charge in [0.05, 0.1) is 10.5 Å². The molecule has 0 saturated carbocycles. The summed E-state index contributed by atoms with van der Waals surface area (Å²) in [6.07, 6.45) is 3.44. The van der Waals surface area contributed by atoms with Gasteiger partial charge in [-0.1, -0.05) is 11.6 Å². The number of aromatic nitrogens is 2. The van der Waals surface area contributed by atoms with E-state index in [1.54, 1.807) is 12.4 Å². The van der Waals surface area contributed by atoms with E-state index in [1.807, 2.05) is 13.1 Å². The van der Waals surface area contributed by atoms with Crippen molar-refractivity contribution >= 4 is 22.5 Å². The number of aromatic amines is 1. The maximum atomic E-state index is 5.96. The van der Waals surface area contributed by atoms with Crippen molar-refractivity contribution in [2.75, 3.05) is 7.05 Å². The summed E-state index contributed by atoms with van der Waals surface area (Å²) in [5.41, 5.74) is 2.08. The van der Waals surface area contributed by atoms with E-state index >= 15 is 0 Å². The molecule has 2 aromatic heterocycles. The zero-order valence-corrected chi connectivity index (χ0v) is 8.02. The average molecular weight is 196 g/mol. The third-order valence-electron chi connectivity index (χ3n) is 1.91. The number of hydrogen-bond donors (Lipinski definition) is 2. The quantitative estimate of drug-likeness (QED) is 0.769. The van der Waals surface area contributed by atoms with Gasteiger partial charge < -0.3 is 10.3 Å². The summed E-state index contributed by atoms with van der Waals surface area (Å²) in [4.78, 5) is 7.24. The van der Waals surface area contributed by atoms with E-state index in [-0.39, 0.29) is 0 Å². The second kappa shape index (κ2) is 3.36. The molecule has 0 aliphatic carbocycles. The van der Waals surface area contributed by atoms with E-state index in [2.05, 4.69) is 15.3 Å². The molecule has 0 bridgehead atoms. The van der Waals surface area contributed by atoms with Crippen molar-refractivity contribution < 1.29 is 0 Å². The molecule has 3 nitrogen and oxygen atoms in total. The van der Waals surface area contributed by atoms with Crippen molar-refractivity contribution in [1.82, 2.24) is 15.3 Å². The smallest absolute Gasteiger partial charge is 0.0830 e. The molecule has 0 aliphatic heterocycles. The van der Waals surface area contributed by atoms with Crippen LogP contribution in [0.15, 0.2) is 18.5 Å². The van der Waals surface area contributed by atoms with Gasteiger partial charge in [-0.05, 0) is 13.1 Å². The molecule has 0 spiro atoms. The summed E-state index contributed by atoms with van der Waals surface area (Å²) in [5, 5.41) is 4.79. The summed E-state index contributed by atoms with van der Waals surface area (Å²) >= 11 is 5.96. The minimum atomic E-state index is 0.667. The van der Waals surface area contributed by atoms with Crippen molar-refractivity contribution in [2.45, 2.75) is 6.54 Å². The predicted molar refractivity (Wildman–Crippen MR) is 53.9 cm³/mol. The highest BCUT2D eigenvalue weighted by atomic mass is 35.5. The van der Waals surface area contributed by atoms with Gasteiger partial charge in [0.2, 0.25) is 0 Å². The number of H-pyrrole nitrogens is 1. The first kappa shape index (κ1) is 8.53. The number of nitrogens with zero attached hydrogens (tertiary/aromatic N) is 1. The van der Waals surface area contributed by atoms with Gasteiger partial charge in [-0.15, -0.1) is 0 Å². The maximum absolute atomic E-state index is 5.96. The van der Waals surface area contributed by atoms with Crippen LogP contribution in [0.5, 0.6) is 0 Å². The molecule has 2 heterocycles. The Kier molecular flexibility index (Phi) is 2.20. The molecule has 4 heteroatoms. The molecule has 2 aromatic rings. The highest BCUT2D eigenvalue weighted by Crippen LogP contribution is 2.21. The molecule has 0 fully saturated rings. The molecular formula is C9H10ClN3. The van der Waals surface area contributed by atoms with Crippen LogP contribution < -0.4 is 5.32 Å². The van der Waals surface area contributed by atoms with Gasteiger partial charge in [0, 0.05) is 30.0 Å². The number of rotatable bonds is 2. The van der Waals surface area contributed by atoms with Gasteiger partial charge in [0.25, 0.3) is 0 Å². The molecule has 2 rings (SSSR count). The zero-order chi connectivity index (χ0) is 9.26. The molecule has 0 aromatic carbocycles. The normalized spacial score (nSPS) is 10.9. The van der Waals surface area contributed by atoms with E-state index in [1.165, 1.54) is 0 Å². The van der Waals surface area contributed by atoms with E-state index < -0.39 is 0 Å². The Labute approximate surface area is 81.1 Å². The number of nitrogens with one attached hydrogen (secondary N) is 2. The van der Waals surface area contributed by atoms with Gasteiger partial charge in [0.15, 0.2) is 0 Å². The van der Waals surface area contributed by atoms with Crippen LogP contribution in [0.4, 0.5) is 0 Å². The molecule has 0 radical (unpaired) electrons. The fourth-order valence-corrected chi connectivity index (χ4v) is 1.57. The molecule has 13 heavy (non-hydrogen) atoms. The Bertz CT molecular complexity index is 422. The monoisotopic (exact) mass is 195 g/mol. The molecule has 68 valence electrons. The Morgan fingerprint density at radius 2 is 2.38 bits per heavy atom. The van der Waals surface area contributed by atoms with E-state index in [0.29, 0.717) is 5.02 Å². The number of halogens is 1. The summed E-state index contributed by atoms with van der Waals surface area (Å²) in [7, 11) is 1.91. The van der Waals surface area contributed by atoms with Crippen LogP contribution in [-0.4, -0.2) is 17.0 Å². The summed E-state index contributed by atoms with van der Waals surface area (Å²) in [6.45, 7) is 0.811. The molecule has 0 saturated heterocycles. The molecule has 0 amide bonds. The summed E-state index contributed by atoms with van der Waals surface area (Å²) in [6, 6.07) is 2.05. The number of hydrogen-bond acceptors (Lipinski definition) is 2. The van der Waals surface area contributed by atoms with Gasteiger partial charge in [0.1, 0.15) is 0 Å². The van der Waals surface area contributed by atoms with Crippen LogP contribution in [0.3, 0.4) is 0 Å². The topological polar surface area (TPSA) is 40.7 Å². The second-order valence-electron chi connectivity index (χ2n) is 2.91. The summed E-state index contributed by atoms with van der Waals surface area (Å²) < 4.78 is 0. The fourth-order valence-electron chi connectivity index (χ4n) is 1.36. The standard InChI is InChI=1S/C9H10ClN3/c1-11-4-7-2-6-3-12-5-8(10)9(6)13-7/h2-3,5,11,13H,4H2,1H3. The predicted octanol–water partition coefficient (Wildman–Crippen LogP) is 1.94. The SMILES string of the molecule is CNCc1cc2cncc(Cl)c2[nH]1. The lowest BCUT2D eigenvalue weighted by Gasteiger charge is -1.93. The zero-order valence-electron chi connectivity index (χ0n) is 7.26. The maximum Gasteiger partial charge on any atom is 0.0830 e. The van der Waals surface area contributed by atoms with Gasteiger partial charge in [-0.2, -0.15) is 0 Å². The highest BCUT2D eigenvalue weighted by Gasteiger charge is 2.02. The molecule has 0 aliphatic rings. The second-order valence-corrected chi connectivity index (χ2v) is 3.32. The number of pyridine rings is 1. The van der Waals surface area contributed by atoms with E-state index in [9.17, 15) is 0 Å². The van der Waals surface area contributed by atoms with Crippen LogP contribution in [-0.2, 0) is 6.54 Å². The summed E-state index contributed by atoms with van der Waals surface area (Å²) in [5.74, 6) is 0. The first-order valence-electron chi connectivity index (χ1n) is 4.07. The van der Waals surface area contributed by atoms with Crippen LogP contribution in [0.25, 0.3) is 10.9 Å². The minimum absolute atomic E-state index is 0.667. The third-order valence-corrected chi connectivity index (χ3v) is 2.20. The van der Waals surface area contributed by atoms with Crippen molar-refractivity contribution in [3.8, 4) is 0 Å².